The van der Waals surface area contributed by atoms with Crippen LogP contribution in [0.4, 0.5) is 0 Å². The number of rotatable bonds is 6. The van der Waals surface area contributed by atoms with E-state index in [1.807, 2.05) is 0 Å². The maximum atomic E-state index is 5.61. The molecule has 0 spiro atoms. The molecule has 0 aromatic carbocycles. The maximum Gasteiger partial charge on any atom is 0.00104 e. The van der Waals surface area contributed by atoms with E-state index in [1.54, 1.807) is 0 Å². The van der Waals surface area contributed by atoms with E-state index in [2.05, 4.69) is 13.8 Å². The van der Waals surface area contributed by atoms with Crippen LogP contribution in [0.2, 0.25) is 0 Å². The standard InChI is InChI=1S/C9H21N/c1-3-4-5-6-7-8-9(2)10/h9H,3-8,10H2,1-2H3. The van der Waals surface area contributed by atoms with Crippen molar-refractivity contribution in [2.75, 3.05) is 0 Å². The molecule has 0 fully saturated rings. The molecule has 2 N–H and O–H groups in total. The summed E-state index contributed by atoms with van der Waals surface area (Å²) in [5.41, 5.74) is 5.61. The van der Waals surface area contributed by atoms with E-state index in [1.165, 1.54) is 38.5 Å². The van der Waals surface area contributed by atoms with Crippen LogP contribution in [0.15, 0.2) is 0 Å². The van der Waals surface area contributed by atoms with Crippen molar-refractivity contribution in [3.8, 4) is 0 Å². The first kappa shape index (κ1) is 9.96. The average Bonchev–Trinajstić information content (AvgIpc) is 1.87. The molecule has 62 valence electrons. The first-order chi connectivity index (χ1) is 4.77. The summed E-state index contributed by atoms with van der Waals surface area (Å²) < 4.78 is 0. The van der Waals surface area contributed by atoms with Crippen LogP contribution in [0, 0.1) is 0 Å². The number of unbranched alkanes of at least 4 members (excludes halogenated alkanes) is 4. The fraction of sp³-hybridized carbons (Fsp3) is 1.00. The summed E-state index contributed by atoms with van der Waals surface area (Å²) >= 11 is 0. The molecule has 0 rings (SSSR count). The van der Waals surface area contributed by atoms with Crippen LogP contribution in [0.3, 0.4) is 0 Å². The molecule has 0 aliphatic rings. The average molecular weight is 143 g/mol. The summed E-state index contributed by atoms with van der Waals surface area (Å²) in [5.74, 6) is 0. The molecule has 0 aromatic heterocycles. The first-order valence-corrected chi connectivity index (χ1v) is 4.53. The van der Waals surface area contributed by atoms with Crippen LogP contribution >= 0.6 is 0 Å². The zero-order valence-electron chi connectivity index (χ0n) is 7.40. The van der Waals surface area contributed by atoms with Gasteiger partial charge in [-0.15, -0.1) is 0 Å². The van der Waals surface area contributed by atoms with E-state index in [4.69, 9.17) is 5.73 Å². The predicted molar refractivity (Wildman–Crippen MR) is 47.0 cm³/mol. The van der Waals surface area contributed by atoms with Crippen molar-refractivity contribution in [3.63, 3.8) is 0 Å². The Morgan fingerprint density at radius 3 is 2.20 bits per heavy atom. The molecular weight excluding hydrogens is 122 g/mol. The van der Waals surface area contributed by atoms with Gasteiger partial charge in [0.1, 0.15) is 0 Å². The normalized spacial score (nSPS) is 13.5. The topological polar surface area (TPSA) is 26.0 Å². The highest BCUT2D eigenvalue weighted by Gasteiger charge is 1.92. The van der Waals surface area contributed by atoms with Crippen molar-refractivity contribution in [1.29, 1.82) is 0 Å². The Morgan fingerprint density at radius 2 is 1.70 bits per heavy atom. The van der Waals surface area contributed by atoms with Gasteiger partial charge in [0.15, 0.2) is 0 Å². The monoisotopic (exact) mass is 143 g/mol. The molecule has 0 radical (unpaired) electrons. The zero-order chi connectivity index (χ0) is 7.82. The van der Waals surface area contributed by atoms with Gasteiger partial charge in [0.25, 0.3) is 0 Å². The Labute approximate surface area is 65.0 Å². The lowest BCUT2D eigenvalue weighted by molar-refractivity contribution is 0.563. The van der Waals surface area contributed by atoms with Crippen LogP contribution < -0.4 is 5.73 Å². The number of hydrogen-bond acceptors (Lipinski definition) is 1. The Kier molecular flexibility index (Phi) is 7.04. The fourth-order valence-electron chi connectivity index (χ4n) is 1.07. The molecule has 1 unspecified atom stereocenters. The van der Waals surface area contributed by atoms with Gasteiger partial charge in [-0.25, -0.2) is 0 Å². The molecule has 0 saturated carbocycles. The van der Waals surface area contributed by atoms with E-state index in [-0.39, 0.29) is 0 Å². The third-order valence-electron chi connectivity index (χ3n) is 1.76. The molecule has 0 bridgehead atoms. The molecule has 10 heavy (non-hydrogen) atoms. The van der Waals surface area contributed by atoms with E-state index in [0.717, 1.165) is 0 Å². The minimum Gasteiger partial charge on any atom is -0.328 e. The summed E-state index contributed by atoms with van der Waals surface area (Å²) in [4.78, 5) is 0. The summed E-state index contributed by atoms with van der Waals surface area (Å²) in [6.45, 7) is 4.32. The molecule has 0 aliphatic carbocycles. The van der Waals surface area contributed by atoms with Gasteiger partial charge >= 0.3 is 0 Å². The number of hydrogen-bond donors (Lipinski definition) is 1. The Morgan fingerprint density at radius 1 is 1.10 bits per heavy atom. The van der Waals surface area contributed by atoms with Gasteiger partial charge in [-0.2, -0.15) is 0 Å². The lowest BCUT2D eigenvalue weighted by Crippen LogP contribution is -2.13. The van der Waals surface area contributed by atoms with Crippen LogP contribution in [0.1, 0.15) is 52.4 Å². The van der Waals surface area contributed by atoms with Crippen LogP contribution in [0.5, 0.6) is 0 Å². The van der Waals surface area contributed by atoms with Gasteiger partial charge < -0.3 is 5.73 Å². The minimum atomic E-state index is 0.404. The highest BCUT2D eigenvalue weighted by molar-refractivity contribution is 4.52. The molecule has 1 heteroatoms. The maximum absolute atomic E-state index is 5.61. The van der Waals surface area contributed by atoms with Crippen molar-refractivity contribution < 1.29 is 0 Å². The second-order valence-electron chi connectivity index (χ2n) is 3.18. The second kappa shape index (κ2) is 7.07. The molecule has 1 atom stereocenters. The molecular formula is C9H21N. The summed E-state index contributed by atoms with van der Waals surface area (Å²) in [6, 6.07) is 0.404. The molecule has 0 aromatic rings. The Balaban J connectivity index is 2.77. The van der Waals surface area contributed by atoms with Gasteiger partial charge in [-0.05, 0) is 13.3 Å². The molecule has 0 aliphatic heterocycles. The van der Waals surface area contributed by atoms with Gasteiger partial charge in [0.05, 0.1) is 0 Å². The Bertz CT molecular complexity index is 59.7. The van der Waals surface area contributed by atoms with Crippen molar-refractivity contribution in [2.24, 2.45) is 5.73 Å². The van der Waals surface area contributed by atoms with Gasteiger partial charge in [0, 0.05) is 6.04 Å². The van der Waals surface area contributed by atoms with Crippen LogP contribution in [0.25, 0.3) is 0 Å². The van der Waals surface area contributed by atoms with Crippen molar-refractivity contribution >= 4 is 0 Å². The third kappa shape index (κ3) is 7.96. The lowest BCUT2D eigenvalue weighted by Gasteiger charge is -2.02. The SMILES string of the molecule is CCCCCCCC(C)N. The smallest absolute Gasteiger partial charge is 0.00104 e. The van der Waals surface area contributed by atoms with E-state index >= 15 is 0 Å². The van der Waals surface area contributed by atoms with Gasteiger partial charge in [0.2, 0.25) is 0 Å². The quantitative estimate of drug-likeness (QED) is 0.568. The van der Waals surface area contributed by atoms with Crippen LogP contribution in [-0.2, 0) is 0 Å². The van der Waals surface area contributed by atoms with Gasteiger partial charge in [-0.1, -0.05) is 39.0 Å². The largest absolute Gasteiger partial charge is 0.328 e. The highest BCUT2D eigenvalue weighted by atomic mass is 14.6. The molecule has 0 amide bonds. The van der Waals surface area contributed by atoms with E-state index in [9.17, 15) is 0 Å². The highest BCUT2D eigenvalue weighted by Crippen LogP contribution is 2.05. The van der Waals surface area contributed by atoms with E-state index < -0.39 is 0 Å². The fourth-order valence-corrected chi connectivity index (χ4v) is 1.07. The van der Waals surface area contributed by atoms with E-state index in [0.29, 0.717) is 6.04 Å². The summed E-state index contributed by atoms with van der Waals surface area (Å²) in [7, 11) is 0. The van der Waals surface area contributed by atoms with Gasteiger partial charge in [-0.3, -0.25) is 0 Å². The summed E-state index contributed by atoms with van der Waals surface area (Å²) in [6.07, 6.45) is 8.00. The van der Waals surface area contributed by atoms with Crippen LogP contribution in [-0.4, -0.2) is 6.04 Å². The van der Waals surface area contributed by atoms with Crippen molar-refractivity contribution in [1.82, 2.24) is 0 Å². The molecule has 0 saturated heterocycles. The summed E-state index contributed by atoms with van der Waals surface area (Å²) in [5, 5.41) is 0. The molecule has 1 nitrogen and oxygen atoms in total. The third-order valence-corrected chi connectivity index (χ3v) is 1.76. The Hall–Kier alpha value is -0.0400. The van der Waals surface area contributed by atoms with Crippen molar-refractivity contribution in [2.45, 2.75) is 58.4 Å². The molecule has 0 heterocycles. The second-order valence-corrected chi connectivity index (χ2v) is 3.18. The van der Waals surface area contributed by atoms with Crippen molar-refractivity contribution in [3.05, 3.63) is 0 Å². The zero-order valence-corrected chi connectivity index (χ0v) is 7.40. The minimum absolute atomic E-state index is 0.404. The lowest BCUT2D eigenvalue weighted by atomic mass is 10.1. The predicted octanol–water partition coefficient (Wildman–Crippen LogP) is 2.69. The number of nitrogens with two attached hydrogens (primary N) is 1. The first-order valence-electron chi connectivity index (χ1n) is 4.53.